The second-order valence-corrected chi connectivity index (χ2v) is 6.66. The summed E-state index contributed by atoms with van der Waals surface area (Å²) in [5.41, 5.74) is 1.81. The van der Waals surface area contributed by atoms with Gasteiger partial charge in [0.2, 0.25) is 5.91 Å². The minimum Gasteiger partial charge on any atom is -0.324 e. The van der Waals surface area contributed by atoms with Crippen molar-refractivity contribution in [2.45, 2.75) is 39.2 Å². The van der Waals surface area contributed by atoms with Crippen LogP contribution in [0.15, 0.2) is 18.2 Å². The number of hydrogen-bond donors (Lipinski definition) is 2. The molecule has 0 radical (unpaired) electrons. The Morgan fingerprint density at radius 1 is 1.35 bits per heavy atom. The van der Waals surface area contributed by atoms with Crippen molar-refractivity contribution >= 4 is 23.5 Å². The van der Waals surface area contributed by atoms with Gasteiger partial charge in [-0.3, -0.25) is 14.5 Å². The average Bonchev–Trinajstić information content (AvgIpc) is 3.29. The Morgan fingerprint density at radius 2 is 2.04 bits per heavy atom. The Labute approximate surface area is 135 Å². The second-order valence-electron chi connectivity index (χ2n) is 6.66. The molecule has 0 unspecified atom stereocenters. The van der Waals surface area contributed by atoms with Crippen LogP contribution in [0, 0.1) is 19.8 Å². The number of imide groups is 1. The first-order chi connectivity index (χ1) is 10.8. The fourth-order valence-electron chi connectivity index (χ4n) is 3.00. The lowest BCUT2D eigenvalue weighted by Crippen LogP contribution is -2.46. The quantitative estimate of drug-likeness (QED) is 0.834. The van der Waals surface area contributed by atoms with Gasteiger partial charge in [0, 0.05) is 5.69 Å². The van der Waals surface area contributed by atoms with Gasteiger partial charge in [-0.1, -0.05) is 12.1 Å². The maximum absolute atomic E-state index is 12.5. The standard InChI is InChI=1S/C17H21N3O3/c1-10-4-5-11(2)13(8-10)18-14(21)9-20-15(22)17(3,12-6-7-12)19-16(20)23/h4-5,8,12H,6-7,9H2,1-3H3,(H,18,21)(H,19,23)/t17-/m0/s1. The van der Waals surface area contributed by atoms with Crippen LogP contribution in [0.25, 0.3) is 0 Å². The molecule has 3 rings (SSSR count). The van der Waals surface area contributed by atoms with E-state index in [0.717, 1.165) is 28.9 Å². The molecule has 1 aliphatic heterocycles. The number of hydrogen-bond acceptors (Lipinski definition) is 3. The molecule has 6 heteroatoms. The molecule has 1 aromatic rings. The lowest BCUT2D eigenvalue weighted by molar-refractivity contribution is -0.134. The summed E-state index contributed by atoms with van der Waals surface area (Å²) in [6.07, 6.45) is 1.87. The van der Waals surface area contributed by atoms with Gasteiger partial charge >= 0.3 is 6.03 Å². The van der Waals surface area contributed by atoms with Gasteiger partial charge in [-0.05, 0) is 56.7 Å². The predicted octanol–water partition coefficient (Wildman–Crippen LogP) is 1.96. The number of carbonyl (C=O) groups is 3. The molecule has 1 saturated carbocycles. The zero-order chi connectivity index (χ0) is 16.8. The Bertz CT molecular complexity index is 696. The Morgan fingerprint density at radius 3 is 2.70 bits per heavy atom. The first kappa shape index (κ1) is 15.5. The van der Waals surface area contributed by atoms with Crippen LogP contribution in [0.4, 0.5) is 10.5 Å². The molecule has 4 amide bonds. The Kier molecular flexibility index (Phi) is 3.62. The number of rotatable bonds is 4. The van der Waals surface area contributed by atoms with Gasteiger partial charge in [-0.15, -0.1) is 0 Å². The molecule has 1 saturated heterocycles. The zero-order valence-electron chi connectivity index (χ0n) is 13.6. The van der Waals surface area contributed by atoms with E-state index < -0.39 is 11.6 Å². The smallest absolute Gasteiger partial charge is 0.324 e. The number of nitrogens with one attached hydrogen (secondary N) is 2. The summed E-state index contributed by atoms with van der Waals surface area (Å²) in [6, 6.07) is 5.26. The summed E-state index contributed by atoms with van der Waals surface area (Å²) in [5.74, 6) is -0.491. The molecule has 1 atom stereocenters. The number of benzene rings is 1. The highest BCUT2D eigenvalue weighted by Crippen LogP contribution is 2.42. The van der Waals surface area contributed by atoms with Gasteiger partial charge < -0.3 is 10.6 Å². The third-order valence-corrected chi connectivity index (χ3v) is 4.66. The zero-order valence-corrected chi connectivity index (χ0v) is 13.6. The van der Waals surface area contributed by atoms with E-state index >= 15 is 0 Å². The van der Waals surface area contributed by atoms with Crippen molar-refractivity contribution in [3.63, 3.8) is 0 Å². The van der Waals surface area contributed by atoms with E-state index in [4.69, 9.17) is 0 Å². The van der Waals surface area contributed by atoms with Crippen molar-refractivity contribution in [1.82, 2.24) is 10.2 Å². The fourth-order valence-corrected chi connectivity index (χ4v) is 3.00. The number of aryl methyl sites for hydroxylation is 2. The SMILES string of the molecule is Cc1ccc(C)c(NC(=O)CN2C(=O)N[C@@](C)(C3CC3)C2=O)c1. The fraction of sp³-hybridized carbons (Fsp3) is 0.471. The van der Waals surface area contributed by atoms with Crippen LogP contribution >= 0.6 is 0 Å². The molecule has 0 bridgehead atoms. The maximum Gasteiger partial charge on any atom is 0.325 e. The molecule has 0 aromatic heterocycles. The van der Waals surface area contributed by atoms with Gasteiger partial charge in [0.15, 0.2) is 0 Å². The predicted molar refractivity (Wildman–Crippen MR) is 85.9 cm³/mol. The molecule has 1 aliphatic carbocycles. The normalized spacial score (nSPS) is 23.9. The van der Waals surface area contributed by atoms with E-state index in [9.17, 15) is 14.4 Å². The summed E-state index contributed by atoms with van der Waals surface area (Å²) in [4.78, 5) is 37.8. The molecule has 6 nitrogen and oxygen atoms in total. The molecule has 23 heavy (non-hydrogen) atoms. The number of anilines is 1. The minimum absolute atomic E-state index is 0.186. The monoisotopic (exact) mass is 315 g/mol. The summed E-state index contributed by atoms with van der Waals surface area (Å²) < 4.78 is 0. The second kappa shape index (κ2) is 5.37. The average molecular weight is 315 g/mol. The van der Waals surface area contributed by atoms with Crippen molar-refractivity contribution in [3.8, 4) is 0 Å². The van der Waals surface area contributed by atoms with Crippen molar-refractivity contribution in [2.24, 2.45) is 5.92 Å². The van der Waals surface area contributed by atoms with Gasteiger partial charge in [-0.25, -0.2) is 4.79 Å². The number of amides is 4. The van der Waals surface area contributed by atoms with Crippen molar-refractivity contribution in [2.75, 3.05) is 11.9 Å². The van der Waals surface area contributed by atoms with E-state index in [0.29, 0.717) is 5.69 Å². The molecular weight excluding hydrogens is 294 g/mol. The summed E-state index contributed by atoms with van der Waals surface area (Å²) in [6.45, 7) is 5.31. The van der Waals surface area contributed by atoms with Crippen LogP contribution in [0.3, 0.4) is 0 Å². The highest BCUT2D eigenvalue weighted by atomic mass is 16.2. The first-order valence-corrected chi connectivity index (χ1v) is 7.82. The van der Waals surface area contributed by atoms with Crippen LogP contribution < -0.4 is 10.6 Å². The molecule has 2 fully saturated rings. The summed E-state index contributed by atoms with van der Waals surface area (Å²) in [5, 5.41) is 5.52. The first-order valence-electron chi connectivity index (χ1n) is 7.82. The van der Waals surface area contributed by atoms with E-state index in [-0.39, 0.29) is 24.3 Å². The van der Waals surface area contributed by atoms with Gasteiger partial charge in [0.1, 0.15) is 12.1 Å². The van der Waals surface area contributed by atoms with E-state index in [1.165, 1.54) is 0 Å². The molecule has 2 N–H and O–H groups in total. The van der Waals surface area contributed by atoms with Crippen molar-refractivity contribution in [1.29, 1.82) is 0 Å². The number of carbonyl (C=O) groups excluding carboxylic acids is 3. The topological polar surface area (TPSA) is 78.5 Å². The molecule has 122 valence electrons. The highest BCUT2D eigenvalue weighted by Gasteiger charge is 2.56. The Balaban J connectivity index is 1.69. The third-order valence-electron chi connectivity index (χ3n) is 4.66. The Hall–Kier alpha value is -2.37. The van der Waals surface area contributed by atoms with Gasteiger partial charge in [-0.2, -0.15) is 0 Å². The van der Waals surface area contributed by atoms with Crippen LogP contribution in [-0.4, -0.2) is 34.8 Å². The molecule has 0 spiro atoms. The number of nitrogens with zero attached hydrogens (tertiary/aromatic N) is 1. The van der Waals surface area contributed by atoms with Crippen molar-refractivity contribution < 1.29 is 14.4 Å². The highest BCUT2D eigenvalue weighted by molar-refractivity contribution is 6.10. The molecule has 1 heterocycles. The lowest BCUT2D eigenvalue weighted by atomic mass is 9.96. The third kappa shape index (κ3) is 2.81. The van der Waals surface area contributed by atoms with Crippen molar-refractivity contribution in [3.05, 3.63) is 29.3 Å². The molecule has 1 aromatic carbocycles. The van der Waals surface area contributed by atoms with Crippen LogP contribution in [0.5, 0.6) is 0 Å². The number of urea groups is 1. The molecule has 2 aliphatic rings. The maximum atomic E-state index is 12.5. The van der Waals surface area contributed by atoms with Gasteiger partial charge in [0.05, 0.1) is 0 Å². The van der Waals surface area contributed by atoms with Gasteiger partial charge in [0.25, 0.3) is 5.91 Å². The summed E-state index contributed by atoms with van der Waals surface area (Å²) >= 11 is 0. The van der Waals surface area contributed by atoms with Crippen LogP contribution in [-0.2, 0) is 9.59 Å². The van der Waals surface area contributed by atoms with E-state index in [1.54, 1.807) is 6.92 Å². The largest absolute Gasteiger partial charge is 0.325 e. The minimum atomic E-state index is -0.851. The van der Waals surface area contributed by atoms with E-state index in [2.05, 4.69) is 10.6 Å². The van der Waals surface area contributed by atoms with Crippen LogP contribution in [0.2, 0.25) is 0 Å². The summed E-state index contributed by atoms with van der Waals surface area (Å²) in [7, 11) is 0. The lowest BCUT2D eigenvalue weighted by Gasteiger charge is -2.20. The molecular formula is C17H21N3O3. The van der Waals surface area contributed by atoms with Crippen LogP contribution in [0.1, 0.15) is 30.9 Å². The van der Waals surface area contributed by atoms with E-state index in [1.807, 2.05) is 32.0 Å².